The van der Waals surface area contributed by atoms with E-state index in [4.69, 9.17) is 22.1 Å². The van der Waals surface area contributed by atoms with Crippen molar-refractivity contribution < 1.29 is 4.74 Å². The predicted octanol–water partition coefficient (Wildman–Crippen LogP) is 3.10. The zero-order valence-corrected chi connectivity index (χ0v) is 8.85. The molecule has 0 amide bonds. The maximum Gasteiger partial charge on any atom is 0.161 e. The van der Waals surface area contributed by atoms with E-state index in [0.717, 1.165) is 0 Å². The predicted molar refractivity (Wildman–Crippen MR) is 56.2 cm³/mol. The molecule has 2 nitrogen and oxygen atoms in total. The number of nitrogen functional groups attached to an aromatic ring is 1. The molecule has 2 N–H and O–H groups in total. The lowest BCUT2D eigenvalue weighted by Crippen LogP contribution is -2.23. The van der Waals surface area contributed by atoms with Gasteiger partial charge in [-0.05, 0) is 32.9 Å². The molecular weight excluding hydrogens is 186 g/mol. The van der Waals surface area contributed by atoms with Crippen LogP contribution in [0.2, 0.25) is 5.02 Å². The monoisotopic (exact) mass is 199 g/mol. The van der Waals surface area contributed by atoms with Crippen molar-refractivity contribution in [2.24, 2.45) is 0 Å². The number of hydrogen-bond acceptors (Lipinski definition) is 2. The molecule has 0 atom stereocenters. The molecule has 0 saturated carbocycles. The average Bonchev–Trinajstić information content (AvgIpc) is 1.95. The van der Waals surface area contributed by atoms with Gasteiger partial charge in [-0.25, -0.2) is 0 Å². The van der Waals surface area contributed by atoms with E-state index in [9.17, 15) is 0 Å². The van der Waals surface area contributed by atoms with Crippen LogP contribution >= 0.6 is 11.6 Å². The summed E-state index contributed by atoms with van der Waals surface area (Å²) in [6.07, 6.45) is 0. The molecule has 0 aromatic heterocycles. The van der Waals surface area contributed by atoms with Gasteiger partial charge in [0.15, 0.2) is 5.75 Å². The molecule has 0 radical (unpaired) electrons. The highest BCUT2D eigenvalue weighted by Crippen LogP contribution is 2.33. The van der Waals surface area contributed by atoms with Crippen molar-refractivity contribution in [2.75, 3.05) is 5.73 Å². The summed E-state index contributed by atoms with van der Waals surface area (Å²) in [5.74, 6) is 0.566. The van der Waals surface area contributed by atoms with E-state index in [-0.39, 0.29) is 5.60 Å². The van der Waals surface area contributed by atoms with Crippen molar-refractivity contribution in [3.8, 4) is 5.75 Å². The SMILES string of the molecule is CC(C)(C)Oc1c(N)cccc1Cl. The number of halogens is 1. The topological polar surface area (TPSA) is 35.2 Å². The number of benzene rings is 1. The van der Waals surface area contributed by atoms with Gasteiger partial charge in [0.25, 0.3) is 0 Å². The molecule has 1 aromatic carbocycles. The Morgan fingerprint density at radius 2 is 1.92 bits per heavy atom. The highest BCUT2D eigenvalue weighted by Gasteiger charge is 2.15. The summed E-state index contributed by atoms with van der Waals surface area (Å²) in [5, 5.41) is 0.551. The number of anilines is 1. The van der Waals surface area contributed by atoms with Gasteiger partial charge in [-0.3, -0.25) is 0 Å². The molecule has 0 bridgehead atoms. The van der Waals surface area contributed by atoms with E-state index >= 15 is 0 Å². The molecule has 72 valence electrons. The van der Waals surface area contributed by atoms with E-state index in [0.29, 0.717) is 16.5 Å². The molecule has 13 heavy (non-hydrogen) atoms. The van der Waals surface area contributed by atoms with Gasteiger partial charge in [-0.15, -0.1) is 0 Å². The Hall–Kier alpha value is -0.890. The van der Waals surface area contributed by atoms with Gasteiger partial charge in [-0.1, -0.05) is 17.7 Å². The molecule has 0 fully saturated rings. The van der Waals surface area contributed by atoms with Crippen molar-refractivity contribution in [1.82, 2.24) is 0 Å². The third-order valence-corrected chi connectivity index (χ3v) is 1.70. The Morgan fingerprint density at radius 1 is 1.31 bits per heavy atom. The molecule has 0 unspecified atom stereocenters. The van der Waals surface area contributed by atoms with Gasteiger partial charge in [0.05, 0.1) is 10.7 Å². The lowest BCUT2D eigenvalue weighted by Gasteiger charge is -2.23. The number of rotatable bonds is 1. The molecule has 0 saturated heterocycles. The van der Waals surface area contributed by atoms with Crippen LogP contribution in [0.3, 0.4) is 0 Å². The summed E-state index contributed by atoms with van der Waals surface area (Å²) in [5.41, 5.74) is 6.01. The third-order valence-electron chi connectivity index (χ3n) is 1.41. The molecule has 0 spiro atoms. The minimum Gasteiger partial charge on any atom is -0.484 e. The van der Waals surface area contributed by atoms with Crippen molar-refractivity contribution in [3.63, 3.8) is 0 Å². The maximum absolute atomic E-state index is 5.93. The zero-order chi connectivity index (χ0) is 10.1. The van der Waals surface area contributed by atoms with E-state index in [1.54, 1.807) is 18.2 Å². The summed E-state index contributed by atoms with van der Waals surface area (Å²) in [4.78, 5) is 0. The molecule has 0 heterocycles. The van der Waals surface area contributed by atoms with Crippen molar-refractivity contribution in [3.05, 3.63) is 23.2 Å². The molecule has 1 rings (SSSR count). The molecule has 0 aliphatic rings. The molecule has 1 aromatic rings. The van der Waals surface area contributed by atoms with Crippen LogP contribution in [0.15, 0.2) is 18.2 Å². The second-order valence-corrected chi connectivity index (χ2v) is 4.28. The van der Waals surface area contributed by atoms with E-state index in [2.05, 4.69) is 0 Å². The molecular formula is C10H14ClNO. The number of nitrogens with two attached hydrogens (primary N) is 1. The fourth-order valence-corrected chi connectivity index (χ4v) is 1.16. The third kappa shape index (κ3) is 2.81. The van der Waals surface area contributed by atoms with E-state index in [1.165, 1.54) is 0 Å². The van der Waals surface area contributed by atoms with Crippen molar-refractivity contribution in [2.45, 2.75) is 26.4 Å². The van der Waals surface area contributed by atoms with Crippen molar-refractivity contribution in [1.29, 1.82) is 0 Å². The summed E-state index contributed by atoms with van der Waals surface area (Å²) >= 11 is 5.93. The van der Waals surface area contributed by atoms with Gasteiger partial charge in [0.2, 0.25) is 0 Å². The average molecular weight is 200 g/mol. The van der Waals surface area contributed by atoms with Crippen LogP contribution in [-0.4, -0.2) is 5.60 Å². The van der Waals surface area contributed by atoms with Gasteiger partial charge in [0, 0.05) is 0 Å². The Kier molecular flexibility index (Phi) is 2.71. The summed E-state index contributed by atoms with van der Waals surface area (Å²) in [6.45, 7) is 5.86. The van der Waals surface area contributed by atoms with Gasteiger partial charge >= 0.3 is 0 Å². The first-order valence-corrected chi connectivity index (χ1v) is 4.51. The van der Waals surface area contributed by atoms with E-state index in [1.807, 2.05) is 20.8 Å². The standard InChI is InChI=1S/C10H14ClNO/c1-10(2,3)13-9-7(11)5-4-6-8(9)12/h4-6H,12H2,1-3H3. The smallest absolute Gasteiger partial charge is 0.161 e. The van der Waals surface area contributed by atoms with Crippen LogP contribution in [0.25, 0.3) is 0 Å². The largest absolute Gasteiger partial charge is 0.484 e. The first-order valence-electron chi connectivity index (χ1n) is 4.13. The first kappa shape index (κ1) is 10.2. The summed E-state index contributed by atoms with van der Waals surface area (Å²) < 4.78 is 5.61. The highest BCUT2D eigenvalue weighted by molar-refractivity contribution is 6.32. The second kappa shape index (κ2) is 3.46. The second-order valence-electron chi connectivity index (χ2n) is 3.87. The lowest BCUT2D eigenvalue weighted by molar-refractivity contribution is 0.132. The normalized spacial score (nSPS) is 11.4. The van der Waals surface area contributed by atoms with Crippen LogP contribution in [0.4, 0.5) is 5.69 Å². The first-order chi connectivity index (χ1) is 5.90. The van der Waals surface area contributed by atoms with E-state index < -0.39 is 0 Å². The van der Waals surface area contributed by atoms with Crippen LogP contribution in [0.5, 0.6) is 5.75 Å². The Bertz CT molecular complexity index is 284. The van der Waals surface area contributed by atoms with Gasteiger partial charge < -0.3 is 10.5 Å². The molecule has 0 aliphatic carbocycles. The number of ether oxygens (including phenoxy) is 1. The van der Waals surface area contributed by atoms with Crippen LogP contribution in [0, 0.1) is 0 Å². The van der Waals surface area contributed by atoms with Gasteiger partial charge in [0.1, 0.15) is 5.60 Å². The lowest BCUT2D eigenvalue weighted by atomic mass is 10.2. The fourth-order valence-electron chi connectivity index (χ4n) is 0.939. The summed E-state index contributed by atoms with van der Waals surface area (Å²) in [7, 11) is 0. The Balaban J connectivity index is 3.00. The van der Waals surface area contributed by atoms with Crippen LogP contribution in [0.1, 0.15) is 20.8 Å². The quantitative estimate of drug-likeness (QED) is 0.706. The van der Waals surface area contributed by atoms with Crippen LogP contribution in [-0.2, 0) is 0 Å². The highest BCUT2D eigenvalue weighted by atomic mass is 35.5. The fraction of sp³-hybridized carbons (Fsp3) is 0.400. The van der Waals surface area contributed by atoms with Gasteiger partial charge in [-0.2, -0.15) is 0 Å². The maximum atomic E-state index is 5.93. The minimum absolute atomic E-state index is 0.279. The molecule has 0 aliphatic heterocycles. The zero-order valence-electron chi connectivity index (χ0n) is 8.10. The molecule has 3 heteroatoms. The summed E-state index contributed by atoms with van der Waals surface area (Å²) in [6, 6.07) is 5.33. The minimum atomic E-state index is -0.279. The van der Waals surface area contributed by atoms with Crippen LogP contribution < -0.4 is 10.5 Å². The number of para-hydroxylation sites is 1. The van der Waals surface area contributed by atoms with Crippen molar-refractivity contribution >= 4 is 17.3 Å². The Labute approximate surface area is 83.6 Å². The Morgan fingerprint density at radius 3 is 2.38 bits per heavy atom. The number of hydrogen-bond donors (Lipinski definition) is 1.